The van der Waals surface area contributed by atoms with E-state index in [9.17, 15) is 0 Å². The highest BCUT2D eigenvalue weighted by Crippen LogP contribution is 2.31. The number of oxime groups is 1. The van der Waals surface area contributed by atoms with Crippen molar-refractivity contribution >= 4 is 28.8 Å². The van der Waals surface area contributed by atoms with E-state index in [2.05, 4.69) is 5.16 Å². The number of rotatable bonds is 3. The summed E-state index contributed by atoms with van der Waals surface area (Å²) >= 11 is 6.16. The number of hydrogen-bond acceptors (Lipinski definition) is 3. The highest BCUT2D eigenvalue weighted by atomic mass is 35.5. The Kier molecular flexibility index (Phi) is 4.15. The number of nitrogens with zero attached hydrogens (tertiary/aromatic N) is 2. The van der Waals surface area contributed by atoms with Gasteiger partial charge in [-0.05, 0) is 31.2 Å². The van der Waals surface area contributed by atoms with E-state index < -0.39 is 0 Å². The van der Waals surface area contributed by atoms with E-state index in [4.69, 9.17) is 22.5 Å². The molecule has 3 N–H and O–H groups in total. The van der Waals surface area contributed by atoms with Crippen LogP contribution in [0.15, 0.2) is 47.6 Å². The second-order valence-electron chi connectivity index (χ2n) is 4.51. The number of anilines is 2. The van der Waals surface area contributed by atoms with Crippen LogP contribution in [0.25, 0.3) is 0 Å². The van der Waals surface area contributed by atoms with Gasteiger partial charge < -0.3 is 15.8 Å². The minimum absolute atomic E-state index is 0.00967. The average Bonchev–Trinajstić information content (AvgIpc) is 2.46. The van der Waals surface area contributed by atoms with Crippen LogP contribution in [0.2, 0.25) is 5.02 Å². The molecule has 0 bridgehead atoms. The minimum Gasteiger partial charge on any atom is -0.409 e. The zero-order chi connectivity index (χ0) is 14.7. The van der Waals surface area contributed by atoms with Crippen molar-refractivity contribution in [3.8, 4) is 0 Å². The molecule has 0 fully saturated rings. The Hall–Kier alpha value is -2.20. The van der Waals surface area contributed by atoms with Crippen molar-refractivity contribution in [2.45, 2.75) is 6.92 Å². The Balaban J connectivity index is 2.52. The second-order valence-corrected chi connectivity index (χ2v) is 4.92. The number of amidine groups is 1. The van der Waals surface area contributed by atoms with E-state index in [0.717, 1.165) is 11.4 Å². The summed E-state index contributed by atoms with van der Waals surface area (Å²) in [5, 5.41) is 12.4. The fraction of sp³-hybridized carbons (Fsp3) is 0.133. The molecule has 0 saturated heterocycles. The Labute approximate surface area is 123 Å². The molecule has 2 aromatic carbocycles. The molecule has 4 nitrogen and oxygen atoms in total. The van der Waals surface area contributed by atoms with Gasteiger partial charge in [-0.2, -0.15) is 0 Å². The third-order valence-electron chi connectivity index (χ3n) is 3.14. The van der Waals surface area contributed by atoms with Gasteiger partial charge in [0.25, 0.3) is 0 Å². The van der Waals surface area contributed by atoms with Gasteiger partial charge in [0.15, 0.2) is 5.84 Å². The fourth-order valence-corrected chi connectivity index (χ4v) is 2.27. The molecule has 0 unspecified atom stereocenters. The predicted molar refractivity (Wildman–Crippen MR) is 83.2 cm³/mol. The first-order valence-corrected chi connectivity index (χ1v) is 6.49. The van der Waals surface area contributed by atoms with Crippen LogP contribution in [0.1, 0.15) is 11.1 Å². The lowest BCUT2D eigenvalue weighted by atomic mass is 10.1. The van der Waals surface area contributed by atoms with Crippen LogP contribution < -0.4 is 10.6 Å². The summed E-state index contributed by atoms with van der Waals surface area (Å²) in [5.41, 5.74) is 9.19. The van der Waals surface area contributed by atoms with Gasteiger partial charge in [-0.1, -0.05) is 40.5 Å². The maximum Gasteiger partial charge on any atom is 0.173 e. The summed E-state index contributed by atoms with van der Waals surface area (Å²) < 4.78 is 0. The first kappa shape index (κ1) is 14.2. The van der Waals surface area contributed by atoms with E-state index >= 15 is 0 Å². The Bertz CT molecular complexity index is 638. The van der Waals surface area contributed by atoms with Gasteiger partial charge in [0.05, 0.1) is 16.3 Å². The molecule has 5 heteroatoms. The highest BCUT2D eigenvalue weighted by molar-refractivity contribution is 6.35. The molecule has 2 aromatic rings. The standard InChI is InChI=1S/C15H16ClN3O/c1-10-6-8-11(9-7-10)19(2)13-5-3-4-12(16)14(13)15(17)18-20/h3-9,20H,1-2H3,(H2,17,18). The Morgan fingerprint density at radius 1 is 1.20 bits per heavy atom. The lowest BCUT2D eigenvalue weighted by molar-refractivity contribution is 0.318. The maximum atomic E-state index is 8.91. The summed E-state index contributed by atoms with van der Waals surface area (Å²) in [6, 6.07) is 13.5. The van der Waals surface area contributed by atoms with Gasteiger partial charge in [0, 0.05) is 12.7 Å². The van der Waals surface area contributed by atoms with Gasteiger partial charge in [0.1, 0.15) is 0 Å². The Morgan fingerprint density at radius 2 is 1.85 bits per heavy atom. The molecular formula is C15H16ClN3O. The number of benzene rings is 2. The van der Waals surface area contributed by atoms with E-state index in [1.807, 2.05) is 55.3 Å². The molecule has 0 amide bonds. The van der Waals surface area contributed by atoms with Crippen LogP contribution in [-0.2, 0) is 0 Å². The van der Waals surface area contributed by atoms with Crippen molar-refractivity contribution in [2.75, 3.05) is 11.9 Å². The summed E-state index contributed by atoms with van der Waals surface area (Å²) in [4.78, 5) is 1.94. The molecule has 0 aliphatic heterocycles. The largest absolute Gasteiger partial charge is 0.409 e. The van der Waals surface area contributed by atoms with Crippen LogP contribution in [0.5, 0.6) is 0 Å². The topological polar surface area (TPSA) is 61.8 Å². The van der Waals surface area contributed by atoms with E-state index in [1.165, 1.54) is 5.56 Å². The zero-order valence-electron chi connectivity index (χ0n) is 11.3. The van der Waals surface area contributed by atoms with Crippen LogP contribution in [-0.4, -0.2) is 18.1 Å². The SMILES string of the molecule is Cc1ccc(N(C)c2cccc(Cl)c2C(N)=NO)cc1. The smallest absolute Gasteiger partial charge is 0.173 e. The van der Waals surface area contributed by atoms with Gasteiger partial charge in [-0.3, -0.25) is 0 Å². The lowest BCUT2D eigenvalue weighted by Gasteiger charge is -2.23. The lowest BCUT2D eigenvalue weighted by Crippen LogP contribution is -2.20. The highest BCUT2D eigenvalue weighted by Gasteiger charge is 2.15. The molecule has 0 atom stereocenters. The molecule has 0 aliphatic rings. The molecule has 0 radical (unpaired) electrons. The van der Waals surface area contributed by atoms with Crippen LogP contribution >= 0.6 is 11.6 Å². The number of nitrogens with two attached hydrogens (primary N) is 1. The summed E-state index contributed by atoms with van der Waals surface area (Å²) in [6.45, 7) is 2.03. The van der Waals surface area contributed by atoms with Gasteiger partial charge in [-0.25, -0.2) is 0 Å². The summed E-state index contributed by atoms with van der Waals surface area (Å²) in [6.07, 6.45) is 0. The minimum atomic E-state index is -0.00967. The van der Waals surface area contributed by atoms with Gasteiger partial charge in [-0.15, -0.1) is 0 Å². The molecule has 104 valence electrons. The monoisotopic (exact) mass is 289 g/mol. The molecule has 0 heterocycles. The number of aryl methyl sites for hydroxylation is 1. The third-order valence-corrected chi connectivity index (χ3v) is 3.45. The van der Waals surface area contributed by atoms with E-state index in [-0.39, 0.29) is 5.84 Å². The molecule has 20 heavy (non-hydrogen) atoms. The number of hydrogen-bond donors (Lipinski definition) is 2. The molecule has 2 rings (SSSR count). The van der Waals surface area contributed by atoms with Crippen LogP contribution in [0, 0.1) is 6.92 Å². The van der Waals surface area contributed by atoms with Crippen molar-refractivity contribution in [3.05, 3.63) is 58.6 Å². The number of halogens is 1. The van der Waals surface area contributed by atoms with Crippen molar-refractivity contribution in [2.24, 2.45) is 10.9 Å². The van der Waals surface area contributed by atoms with Crippen LogP contribution in [0.4, 0.5) is 11.4 Å². The molecule has 0 saturated carbocycles. The first-order chi connectivity index (χ1) is 9.54. The van der Waals surface area contributed by atoms with Gasteiger partial charge >= 0.3 is 0 Å². The third kappa shape index (κ3) is 2.70. The predicted octanol–water partition coefficient (Wildman–Crippen LogP) is 3.51. The normalized spacial score (nSPS) is 11.4. The van der Waals surface area contributed by atoms with Crippen molar-refractivity contribution in [1.82, 2.24) is 0 Å². The second kappa shape index (κ2) is 5.84. The van der Waals surface area contributed by atoms with E-state index in [0.29, 0.717) is 10.6 Å². The average molecular weight is 290 g/mol. The van der Waals surface area contributed by atoms with Crippen molar-refractivity contribution < 1.29 is 5.21 Å². The molecular weight excluding hydrogens is 274 g/mol. The fourth-order valence-electron chi connectivity index (χ4n) is 2.00. The summed E-state index contributed by atoms with van der Waals surface area (Å²) in [5.74, 6) is -0.00967. The zero-order valence-corrected chi connectivity index (χ0v) is 12.1. The van der Waals surface area contributed by atoms with Crippen molar-refractivity contribution in [1.29, 1.82) is 0 Å². The molecule has 0 aromatic heterocycles. The molecule has 0 spiro atoms. The van der Waals surface area contributed by atoms with Crippen LogP contribution in [0.3, 0.4) is 0 Å². The first-order valence-electron chi connectivity index (χ1n) is 6.11. The molecule has 0 aliphatic carbocycles. The summed E-state index contributed by atoms with van der Waals surface area (Å²) in [7, 11) is 1.91. The maximum absolute atomic E-state index is 8.91. The van der Waals surface area contributed by atoms with Crippen molar-refractivity contribution in [3.63, 3.8) is 0 Å². The Morgan fingerprint density at radius 3 is 2.45 bits per heavy atom. The quantitative estimate of drug-likeness (QED) is 0.393. The van der Waals surface area contributed by atoms with E-state index in [1.54, 1.807) is 6.07 Å². The van der Waals surface area contributed by atoms with Gasteiger partial charge in [0.2, 0.25) is 0 Å².